The lowest BCUT2D eigenvalue weighted by molar-refractivity contribution is -0.152. The minimum absolute atomic E-state index is 0.138. The molecule has 3 aromatic rings. The Bertz CT molecular complexity index is 1260. The number of carbonyl (C=O) groups is 3. The standard InChI is InChI=1S/C25H23FN2O4S/c1-2-15-4-3-5-18-19(12-27-23(15)18)21(29)13-32-24(31)20-14-33-25(11-10-22(30)28(20)25)16-6-8-17(26)9-7-16/h3-9,12,20,27H,2,10-11,13-14H2,1H3/t20-,25+/m0/s1. The molecule has 1 N–H and O–H groups in total. The number of halogens is 1. The van der Waals surface area contributed by atoms with Crippen LogP contribution in [0.25, 0.3) is 10.9 Å². The Morgan fingerprint density at radius 3 is 2.79 bits per heavy atom. The first-order chi connectivity index (χ1) is 15.9. The van der Waals surface area contributed by atoms with Crippen molar-refractivity contribution in [1.29, 1.82) is 0 Å². The van der Waals surface area contributed by atoms with Crippen molar-refractivity contribution in [2.45, 2.75) is 37.1 Å². The molecule has 2 aliphatic heterocycles. The number of aryl methyl sites for hydroxylation is 1. The number of hydrogen-bond acceptors (Lipinski definition) is 5. The van der Waals surface area contributed by atoms with Crippen LogP contribution in [0, 0.1) is 5.82 Å². The molecule has 2 aliphatic rings. The van der Waals surface area contributed by atoms with Gasteiger partial charge >= 0.3 is 5.97 Å². The summed E-state index contributed by atoms with van der Waals surface area (Å²) in [5.74, 6) is -1.02. The number of aromatic nitrogens is 1. The quantitative estimate of drug-likeness (QED) is 0.435. The van der Waals surface area contributed by atoms with Gasteiger partial charge in [0.05, 0.1) is 0 Å². The molecule has 0 saturated carbocycles. The molecule has 2 aromatic carbocycles. The van der Waals surface area contributed by atoms with Crippen LogP contribution in [0.5, 0.6) is 0 Å². The summed E-state index contributed by atoms with van der Waals surface area (Å²) in [4.78, 5) is 42.5. The lowest BCUT2D eigenvalue weighted by Gasteiger charge is -2.33. The zero-order valence-corrected chi connectivity index (χ0v) is 18.9. The van der Waals surface area contributed by atoms with Crippen molar-refractivity contribution in [2.24, 2.45) is 0 Å². The van der Waals surface area contributed by atoms with Gasteiger partial charge in [-0.2, -0.15) is 0 Å². The minimum Gasteiger partial charge on any atom is -0.456 e. The van der Waals surface area contributed by atoms with E-state index in [0.717, 1.165) is 28.5 Å². The third-order valence-corrected chi connectivity index (χ3v) is 8.12. The van der Waals surface area contributed by atoms with Gasteiger partial charge in [0.2, 0.25) is 11.7 Å². The minimum atomic E-state index is -0.780. The van der Waals surface area contributed by atoms with E-state index in [2.05, 4.69) is 4.98 Å². The lowest BCUT2D eigenvalue weighted by atomic mass is 10.0. The highest BCUT2D eigenvalue weighted by Gasteiger charge is 2.57. The van der Waals surface area contributed by atoms with Crippen LogP contribution >= 0.6 is 11.8 Å². The van der Waals surface area contributed by atoms with Crippen molar-refractivity contribution in [1.82, 2.24) is 9.88 Å². The Kier molecular flexibility index (Phi) is 5.48. The summed E-state index contributed by atoms with van der Waals surface area (Å²) in [5, 5.41) is 0.803. The van der Waals surface area contributed by atoms with Crippen LogP contribution in [-0.4, -0.2) is 45.9 Å². The Morgan fingerprint density at radius 2 is 2.03 bits per heavy atom. The van der Waals surface area contributed by atoms with Crippen molar-refractivity contribution in [3.8, 4) is 0 Å². The van der Waals surface area contributed by atoms with Gasteiger partial charge in [-0.15, -0.1) is 11.8 Å². The second-order valence-corrected chi connectivity index (χ2v) is 9.61. The number of thioether (sulfide) groups is 1. The SMILES string of the molecule is CCc1cccc2c(C(=O)COC(=O)[C@@H]3CS[C@@]4(c5ccc(F)cc5)CCC(=O)N34)c[nH]c12. The number of nitrogens with zero attached hydrogens (tertiary/aromatic N) is 1. The zero-order valence-electron chi connectivity index (χ0n) is 18.1. The van der Waals surface area contributed by atoms with E-state index in [1.165, 1.54) is 23.9 Å². The van der Waals surface area contributed by atoms with Crippen LogP contribution in [0.4, 0.5) is 4.39 Å². The molecule has 2 saturated heterocycles. The number of aromatic amines is 1. The highest BCUT2D eigenvalue weighted by Crippen LogP contribution is 2.54. The van der Waals surface area contributed by atoms with Crippen LogP contribution in [0.2, 0.25) is 0 Å². The fourth-order valence-electron chi connectivity index (χ4n) is 4.88. The number of hydrogen-bond donors (Lipinski definition) is 1. The Hall–Kier alpha value is -3.13. The van der Waals surface area contributed by atoms with Crippen molar-refractivity contribution < 1.29 is 23.5 Å². The molecule has 1 aromatic heterocycles. The van der Waals surface area contributed by atoms with Crippen LogP contribution in [0.15, 0.2) is 48.7 Å². The fraction of sp³-hybridized carbons (Fsp3) is 0.320. The smallest absolute Gasteiger partial charge is 0.330 e. The number of nitrogens with one attached hydrogen (secondary N) is 1. The third-order valence-electron chi connectivity index (χ3n) is 6.52. The lowest BCUT2D eigenvalue weighted by Crippen LogP contribution is -2.47. The molecule has 170 valence electrons. The summed E-state index contributed by atoms with van der Waals surface area (Å²) in [7, 11) is 0. The largest absolute Gasteiger partial charge is 0.456 e. The number of ether oxygens (including phenoxy) is 1. The van der Waals surface area contributed by atoms with E-state index in [9.17, 15) is 18.8 Å². The summed E-state index contributed by atoms with van der Waals surface area (Å²) in [5.41, 5.74) is 3.29. The third kappa shape index (κ3) is 3.53. The van der Waals surface area contributed by atoms with Gasteiger partial charge in [-0.3, -0.25) is 9.59 Å². The molecular weight excluding hydrogens is 443 g/mol. The van der Waals surface area contributed by atoms with Gasteiger partial charge in [0.15, 0.2) is 6.61 Å². The molecule has 0 radical (unpaired) electrons. The molecule has 2 atom stereocenters. The number of H-pyrrole nitrogens is 1. The van der Waals surface area contributed by atoms with Gasteiger partial charge in [0.1, 0.15) is 16.7 Å². The van der Waals surface area contributed by atoms with E-state index in [1.807, 2.05) is 25.1 Å². The molecule has 5 rings (SSSR count). The number of amides is 1. The molecule has 0 unspecified atom stereocenters. The summed E-state index contributed by atoms with van der Waals surface area (Å²) < 4.78 is 18.8. The first kappa shape index (κ1) is 21.7. The average Bonchev–Trinajstić information content (AvgIpc) is 3.52. The Morgan fingerprint density at radius 1 is 1.24 bits per heavy atom. The zero-order chi connectivity index (χ0) is 23.2. The molecule has 0 bridgehead atoms. The molecule has 2 fully saturated rings. The molecular formula is C25H23FN2O4S. The van der Waals surface area contributed by atoms with Crippen LogP contribution in [0.3, 0.4) is 0 Å². The number of Topliss-reactive ketones (excluding diaryl/α,β-unsaturated/α-hetero) is 1. The van der Waals surface area contributed by atoms with E-state index in [-0.39, 0.29) is 17.5 Å². The monoisotopic (exact) mass is 466 g/mol. The van der Waals surface area contributed by atoms with E-state index in [0.29, 0.717) is 24.2 Å². The number of fused-ring (bicyclic) bond motifs is 2. The second kappa shape index (κ2) is 8.33. The Labute approximate surface area is 194 Å². The van der Waals surface area contributed by atoms with E-state index < -0.39 is 23.5 Å². The molecule has 6 nitrogen and oxygen atoms in total. The van der Waals surface area contributed by atoms with Gasteiger partial charge < -0.3 is 14.6 Å². The number of rotatable bonds is 6. The fourth-order valence-corrected chi connectivity index (χ4v) is 6.52. The maximum absolute atomic E-state index is 13.4. The van der Waals surface area contributed by atoms with Gasteiger partial charge in [-0.1, -0.05) is 37.3 Å². The topological polar surface area (TPSA) is 79.5 Å². The van der Waals surface area contributed by atoms with E-state index >= 15 is 0 Å². The molecule has 0 aliphatic carbocycles. The maximum atomic E-state index is 13.4. The molecule has 1 amide bonds. The van der Waals surface area contributed by atoms with Crippen LogP contribution in [0.1, 0.15) is 41.3 Å². The highest BCUT2D eigenvalue weighted by molar-refractivity contribution is 8.00. The Balaban J connectivity index is 1.32. The molecule has 33 heavy (non-hydrogen) atoms. The predicted octanol–water partition coefficient (Wildman–Crippen LogP) is 4.19. The molecule has 8 heteroatoms. The van der Waals surface area contributed by atoms with Crippen LogP contribution < -0.4 is 0 Å². The first-order valence-corrected chi connectivity index (χ1v) is 11.9. The summed E-state index contributed by atoms with van der Waals surface area (Å²) in [6, 6.07) is 11.0. The second-order valence-electron chi connectivity index (χ2n) is 8.31. The summed E-state index contributed by atoms with van der Waals surface area (Å²) in [6.45, 7) is 1.65. The number of carbonyl (C=O) groups excluding carboxylic acids is 3. The van der Waals surface area contributed by atoms with Crippen LogP contribution in [-0.2, 0) is 25.6 Å². The summed E-state index contributed by atoms with van der Waals surface area (Å²) in [6.07, 6.45) is 3.33. The van der Waals surface area contributed by atoms with Gasteiger partial charge in [0.25, 0.3) is 0 Å². The van der Waals surface area contributed by atoms with E-state index in [1.54, 1.807) is 23.2 Å². The normalized spacial score (nSPS) is 22.1. The van der Waals surface area contributed by atoms with Crippen molar-refractivity contribution in [2.75, 3.05) is 12.4 Å². The van der Waals surface area contributed by atoms with Gasteiger partial charge in [0, 0.05) is 34.8 Å². The number of esters is 1. The molecule has 0 spiro atoms. The first-order valence-electron chi connectivity index (χ1n) is 11.0. The highest BCUT2D eigenvalue weighted by atomic mass is 32.2. The number of para-hydroxylation sites is 1. The van der Waals surface area contributed by atoms with Crippen molar-refractivity contribution >= 4 is 40.3 Å². The maximum Gasteiger partial charge on any atom is 0.330 e. The molecule has 3 heterocycles. The number of ketones is 1. The van der Waals surface area contributed by atoms with Gasteiger partial charge in [-0.05, 0) is 36.1 Å². The van der Waals surface area contributed by atoms with Gasteiger partial charge in [-0.25, -0.2) is 9.18 Å². The summed E-state index contributed by atoms with van der Waals surface area (Å²) >= 11 is 1.49. The van der Waals surface area contributed by atoms with Crippen molar-refractivity contribution in [3.63, 3.8) is 0 Å². The number of benzene rings is 2. The van der Waals surface area contributed by atoms with E-state index in [4.69, 9.17) is 4.74 Å². The average molecular weight is 467 g/mol. The van der Waals surface area contributed by atoms with Crippen molar-refractivity contribution in [3.05, 3.63) is 71.2 Å². The predicted molar refractivity (Wildman–Crippen MR) is 123 cm³/mol.